The van der Waals surface area contributed by atoms with Gasteiger partial charge in [-0.05, 0) is 31.2 Å². The Balaban J connectivity index is 1.84. The van der Waals surface area contributed by atoms with E-state index in [1.165, 1.54) is 11.1 Å². The van der Waals surface area contributed by atoms with Gasteiger partial charge in [0.1, 0.15) is 18.5 Å². The van der Waals surface area contributed by atoms with Crippen LogP contribution in [0.15, 0.2) is 12.3 Å². The molecule has 0 amide bonds. The summed E-state index contributed by atoms with van der Waals surface area (Å²) in [7, 11) is 0. The van der Waals surface area contributed by atoms with Crippen molar-refractivity contribution < 1.29 is 9.53 Å². The smallest absolute Gasteiger partial charge is 0.328 e. The van der Waals surface area contributed by atoms with Crippen molar-refractivity contribution in [1.29, 1.82) is 0 Å². The number of rotatable bonds is 3. The lowest BCUT2D eigenvalue weighted by Gasteiger charge is -2.28. The van der Waals surface area contributed by atoms with Crippen LogP contribution in [0.2, 0.25) is 0 Å². The quantitative estimate of drug-likeness (QED) is 0.810. The minimum atomic E-state index is -0.230. The Kier molecular flexibility index (Phi) is 3.66. The molecule has 0 radical (unpaired) electrons. The number of esters is 1. The van der Waals surface area contributed by atoms with E-state index in [-0.39, 0.29) is 18.6 Å². The zero-order valence-electron chi connectivity index (χ0n) is 10.1. The van der Waals surface area contributed by atoms with Crippen LogP contribution < -0.4 is 5.73 Å². The molecular formula is C12H19N3O2. The lowest BCUT2D eigenvalue weighted by molar-refractivity contribution is -0.154. The van der Waals surface area contributed by atoms with E-state index in [4.69, 9.17) is 10.5 Å². The van der Waals surface area contributed by atoms with Gasteiger partial charge >= 0.3 is 5.97 Å². The lowest BCUT2D eigenvalue weighted by Crippen LogP contribution is -2.29. The highest BCUT2D eigenvalue weighted by molar-refractivity contribution is 5.69. The number of hydrogen-bond donors (Lipinski definition) is 1. The number of nitrogen functional groups attached to an aromatic ring is 1. The second-order valence-electron chi connectivity index (χ2n) is 4.73. The molecule has 0 spiro atoms. The summed E-state index contributed by atoms with van der Waals surface area (Å²) in [4.78, 5) is 11.7. The molecule has 2 atom stereocenters. The number of nitrogens with zero attached hydrogens (tertiary/aromatic N) is 2. The van der Waals surface area contributed by atoms with Gasteiger partial charge in [-0.1, -0.05) is 13.3 Å². The molecule has 1 saturated carbocycles. The number of aromatic nitrogens is 2. The lowest BCUT2D eigenvalue weighted by atomic mass is 9.88. The van der Waals surface area contributed by atoms with Crippen molar-refractivity contribution in [3.05, 3.63) is 12.3 Å². The number of ether oxygens (including phenoxy) is 1. The third-order valence-electron chi connectivity index (χ3n) is 3.27. The van der Waals surface area contributed by atoms with E-state index in [1.54, 1.807) is 12.3 Å². The highest BCUT2D eigenvalue weighted by atomic mass is 16.5. The highest BCUT2D eigenvalue weighted by Crippen LogP contribution is 2.26. The molecular weight excluding hydrogens is 218 g/mol. The van der Waals surface area contributed by atoms with E-state index < -0.39 is 0 Å². The zero-order valence-corrected chi connectivity index (χ0v) is 10.1. The van der Waals surface area contributed by atoms with Crippen LogP contribution in [0, 0.1) is 5.92 Å². The van der Waals surface area contributed by atoms with Crippen LogP contribution in [0.3, 0.4) is 0 Å². The Morgan fingerprint density at radius 1 is 1.59 bits per heavy atom. The van der Waals surface area contributed by atoms with E-state index in [1.807, 2.05) is 0 Å². The molecule has 1 heterocycles. The first-order valence-electron chi connectivity index (χ1n) is 6.13. The summed E-state index contributed by atoms with van der Waals surface area (Å²) in [6.45, 7) is 2.28. The molecule has 2 N–H and O–H groups in total. The summed E-state index contributed by atoms with van der Waals surface area (Å²) in [6, 6.07) is 1.66. The zero-order chi connectivity index (χ0) is 12.3. The van der Waals surface area contributed by atoms with Gasteiger partial charge in [-0.3, -0.25) is 9.48 Å². The standard InChI is InChI=1S/C12H19N3O2/c1-9-4-2-3-5-10(9)17-12(16)8-15-7-6-11(13)14-15/h6-7,9-10H,2-5,8H2,1H3,(H2,13,14). The number of carbonyl (C=O) groups is 1. The van der Waals surface area contributed by atoms with Gasteiger partial charge in [-0.2, -0.15) is 5.10 Å². The number of carbonyl (C=O) groups excluding carboxylic acids is 1. The molecule has 17 heavy (non-hydrogen) atoms. The molecule has 1 aromatic heterocycles. The predicted molar refractivity (Wildman–Crippen MR) is 64.2 cm³/mol. The molecule has 1 fully saturated rings. The molecule has 5 nitrogen and oxygen atoms in total. The Hall–Kier alpha value is -1.52. The van der Waals surface area contributed by atoms with Crippen LogP contribution in [-0.2, 0) is 16.1 Å². The first-order chi connectivity index (χ1) is 8.15. The van der Waals surface area contributed by atoms with Crippen molar-refractivity contribution in [2.75, 3.05) is 5.73 Å². The van der Waals surface area contributed by atoms with Crippen LogP contribution in [-0.4, -0.2) is 21.9 Å². The van der Waals surface area contributed by atoms with Gasteiger partial charge in [0.2, 0.25) is 0 Å². The topological polar surface area (TPSA) is 70.1 Å². The van der Waals surface area contributed by atoms with E-state index in [2.05, 4.69) is 12.0 Å². The van der Waals surface area contributed by atoms with Crippen molar-refractivity contribution >= 4 is 11.8 Å². The maximum Gasteiger partial charge on any atom is 0.328 e. The summed E-state index contributed by atoms with van der Waals surface area (Å²) in [6.07, 6.45) is 6.27. The van der Waals surface area contributed by atoms with E-state index in [9.17, 15) is 4.79 Å². The van der Waals surface area contributed by atoms with Crippen molar-refractivity contribution in [3.63, 3.8) is 0 Å². The first-order valence-corrected chi connectivity index (χ1v) is 6.13. The monoisotopic (exact) mass is 237 g/mol. The van der Waals surface area contributed by atoms with Gasteiger partial charge in [0.15, 0.2) is 0 Å². The Morgan fingerprint density at radius 2 is 2.35 bits per heavy atom. The van der Waals surface area contributed by atoms with Crippen LogP contribution >= 0.6 is 0 Å². The molecule has 2 rings (SSSR count). The average Bonchev–Trinajstić information content (AvgIpc) is 2.67. The van der Waals surface area contributed by atoms with Gasteiger partial charge in [-0.25, -0.2) is 0 Å². The minimum Gasteiger partial charge on any atom is -0.461 e. The van der Waals surface area contributed by atoms with Crippen molar-refractivity contribution in [2.45, 2.75) is 45.3 Å². The predicted octanol–water partition coefficient (Wildman–Crippen LogP) is 1.59. The number of nitrogens with two attached hydrogens (primary N) is 1. The molecule has 2 unspecified atom stereocenters. The van der Waals surface area contributed by atoms with E-state index >= 15 is 0 Å². The van der Waals surface area contributed by atoms with Crippen molar-refractivity contribution in [2.24, 2.45) is 5.92 Å². The SMILES string of the molecule is CC1CCCCC1OC(=O)Cn1ccc(N)n1. The van der Waals surface area contributed by atoms with Crippen LogP contribution in [0.1, 0.15) is 32.6 Å². The normalized spacial score (nSPS) is 24.5. The van der Waals surface area contributed by atoms with Crippen LogP contribution in [0.25, 0.3) is 0 Å². The third kappa shape index (κ3) is 3.22. The van der Waals surface area contributed by atoms with Gasteiger partial charge < -0.3 is 10.5 Å². The summed E-state index contributed by atoms with van der Waals surface area (Å²) < 4.78 is 6.98. The molecule has 1 aliphatic carbocycles. The number of hydrogen-bond acceptors (Lipinski definition) is 4. The molecule has 0 bridgehead atoms. The molecule has 1 aliphatic rings. The minimum absolute atomic E-state index is 0.0733. The fourth-order valence-electron chi connectivity index (χ4n) is 2.26. The van der Waals surface area contributed by atoms with Gasteiger partial charge in [0.25, 0.3) is 0 Å². The molecule has 0 aromatic carbocycles. The van der Waals surface area contributed by atoms with Gasteiger partial charge in [0, 0.05) is 6.20 Å². The summed E-state index contributed by atoms with van der Waals surface area (Å²) in [5, 5.41) is 3.96. The second-order valence-corrected chi connectivity index (χ2v) is 4.73. The largest absolute Gasteiger partial charge is 0.461 e. The molecule has 5 heteroatoms. The maximum atomic E-state index is 11.7. The second kappa shape index (κ2) is 5.21. The van der Waals surface area contributed by atoms with Gasteiger partial charge in [-0.15, -0.1) is 0 Å². The van der Waals surface area contributed by atoms with Crippen LogP contribution in [0.4, 0.5) is 5.82 Å². The summed E-state index contributed by atoms with van der Waals surface area (Å²) in [5.74, 6) is 0.658. The molecule has 1 aromatic rings. The molecule has 0 aliphatic heterocycles. The summed E-state index contributed by atoms with van der Waals surface area (Å²) >= 11 is 0. The number of anilines is 1. The van der Waals surface area contributed by atoms with E-state index in [0.29, 0.717) is 11.7 Å². The van der Waals surface area contributed by atoms with Crippen molar-refractivity contribution in [1.82, 2.24) is 9.78 Å². The molecule has 0 saturated heterocycles. The Bertz CT molecular complexity index is 389. The summed E-state index contributed by atoms with van der Waals surface area (Å²) in [5.41, 5.74) is 5.48. The maximum absolute atomic E-state index is 11.7. The molecule has 94 valence electrons. The Labute approximate surface area is 101 Å². The fraction of sp³-hybridized carbons (Fsp3) is 0.667. The highest BCUT2D eigenvalue weighted by Gasteiger charge is 2.24. The van der Waals surface area contributed by atoms with E-state index in [0.717, 1.165) is 19.3 Å². The fourth-order valence-corrected chi connectivity index (χ4v) is 2.26. The van der Waals surface area contributed by atoms with Crippen molar-refractivity contribution in [3.8, 4) is 0 Å². The van der Waals surface area contributed by atoms with Crippen LogP contribution in [0.5, 0.6) is 0 Å². The van der Waals surface area contributed by atoms with Gasteiger partial charge in [0.05, 0.1) is 0 Å². The first kappa shape index (κ1) is 12.0. The Morgan fingerprint density at radius 3 is 3.00 bits per heavy atom. The third-order valence-corrected chi connectivity index (χ3v) is 3.27. The average molecular weight is 237 g/mol.